The minimum atomic E-state index is -0.261. The lowest BCUT2D eigenvalue weighted by Crippen LogP contribution is -2.27. The number of carbonyl (C=O) groups is 1. The Morgan fingerprint density at radius 1 is 0.971 bits per heavy atom. The van der Waals surface area contributed by atoms with Crippen LogP contribution in [0.15, 0.2) is 72.8 Å². The van der Waals surface area contributed by atoms with E-state index in [-0.39, 0.29) is 11.9 Å². The predicted molar refractivity (Wildman–Crippen MR) is 146 cm³/mol. The lowest BCUT2D eigenvalue weighted by atomic mass is 10.0. The topological polar surface area (TPSA) is 46.9 Å². The van der Waals surface area contributed by atoms with Gasteiger partial charge >= 0.3 is 0 Å². The Kier molecular flexibility index (Phi) is 7.66. The third kappa shape index (κ3) is 5.62. The van der Waals surface area contributed by atoms with Crippen molar-refractivity contribution in [2.45, 2.75) is 26.8 Å². The normalized spacial score (nSPS) is 12.5. The van der Waals surface area contributed by atoms with Crippen LogP contribution in [0.2, 0.25) is 15.1 Å². The number of benzene rings is 3. The molecule has 0 fully saturated rings. The highest BCUT2D eigenvalue weighted by atomic mass is 35.5. The molecule has 0 spiro atoms. The predicted octanol–water partition coefficient (Wildman–Crippen LogP) is 8.19. The van der Waals surface area contributed by atoms with E-state index in [0.717, 1.165) is 28.0 Å². The molecule has 0 aliphatic heterocycles. The number of carbonyl (C=O) groups excluding carboxylic acids is 1. The van der Waals surface area contributed by atoms with Crippen molar-refractivity contribution < 1.29 is 4.79 Å². The highest BCUT2D eigenvalue weighted by Gasteiger charge is 2.24. The van der Waals surface area contributed by atoms with Gasteiger partial charge in [0.2, 0.25) is 0 Å². The molecule has 35 heavy (non-hydrogen) atoms. The first kappa shape index (κ1) is 25.1. The van der Waals surface area contributed by atoms with Crippen LogP contribution >= 0.6 is 34.8 Å². The second-order valence-corrected chi connectivity index (χ2v) is 9.59. The van der Waals surface area contributed by atoms with E-state index in [0.29, 0.717) is 26.4 Å². The summed E-state index contributed by atoms with van der Waals surface area (Å²) in [5.41, 5.74) is 5.39. The average molecular weight is 525 g/mol. The third-order valence-electron chi connectivity index (χ3n) is 5.75. The monoisotopic (exact) mass is 523 g/mol. The van der Waals surface area contributed by atoms with E-state index < -0.39 is 0 Å². The van der Waals surface area contributed by atoms with E-state index >= 15 is 0 Å². The Morgan fingerprint density at radius 3 is 2.29 bits per heavy atom. The van der Waals surface area contributed by atoms with Gasteiger partial charge in [0.15, 0.2) is 5.69 Å². The van der Waals surface area contributed by atoms with Gasteiger partial charge in [0.1, 0.15) is 0 Å². The zero-order chi connectivity index (χ0) is 25.1. The van der Waals surface area contributed by atoms with Crippen LogP contribution in [-0.4, -0.2) is 15.7 Å². The summed E-state index contributed by atoms with van der Waals surface area (Å²) < 4.78 is 1.71. The molecule has 1 aromatic heterocycles. The van der Waals surface area contributed by atoms with E-state index in [2.05, 4.69) is 5.32 Å². The lowest BCUT2D eigenvalue weighted by molar-refractivity contribution is 0.0934. The van der Waals surface area contributed by atoms with Crippen LogP contribution in [0.5, 0.6) is 0 Å². The fourth-order valence-electron chi connectivity index (χ4n) is 3.97. The van der Waals surface area contributed by atoms with Gasteiger partial charge < -0.3 is 5.32 Å². The molecule has 178 valence electrons. The Balaban J connectivity index is 1.79. The molecule has 4 nitrogen and oxygen atoms in total. The first-order valence-corrected chi connectivity index (χ1v) is 12.2. The van der Waals surface area contributed by atoms with Crippen molar-refractivity contribution in [3.05, 3.63) is 116 Å². The first-order valence-electron chi connectivity index (χ1n) is 11.1. The van der Waals surface area contributed by atoms with Crippen molar-refractivity contribution >= 4 is 52.4 Å². The van der Waals surface area contributed by atoms with E-state index in [9.17, 15) is 4.79 Å². The standard InChI is InChI=1S/C28H24Cl3N3O/c1-17(15-20-9-11-22(29)12-10-20)27-18(2)26(28(35)32-19(3)21-7-5-4-6-8-21)33-34(27)25-14-13-23(30)16-24(25)31/h4-16,19H,1-3H3,(H,32,35)/b17-15+. The van der Waals surface area contributed by atoms with Crippen molar-refractivity contribution in [2.24, 2.45) is 0 Å². The molecule has 0 saturated carbocycles. The molecular formula is C28H24Cl3N3O. The maximum Gasteiger partial charge on any atom is 0.272 e. The lowest BCUT2D eigenvalue weighted by Gasteiger charge is -2.13. The molecule has 4 aromatic rings. The molecule has 3 aromatic carbocycles. The van der Waals surface area contributed by atoms with Gasteiger partial charge in [0.05, 0.1) is 22.4 Å². The third-order valence-corrected chi connectivity index (χ3v) is 6.54. The first-order chi connectivity index (χ1) is 16.7. The number of aromatic nitrogens is 2. The summed E-state index contributed by atoms with van der Waals surface area (Å²) >= 11 is 18.7. The maximum absolute atomic E-state index is 13.3. The number of hydrogen-bond acceptors (Lipinski definition) is 2. The van der Waals surface area contributed by atoms with E-state index in [1.807, 2.05) is 81.4 Å². The van der Waals surface area contributed by atoms with E-state index in [1.165, 1.54) is 0 Å². The van der Waals surface area contributed by atoms with Gasteiger partial charge in [-0.25, -0.2) is 4.68 Å². The quantitative estimate of drug-likeness (QED) is 0.276. The number of rotatable bonds is 6. The fourth-order valence-corrected chi connectivity index (χ4v) is 4.58. The Morgan fingerprint density at radius 2 is 1.63 bits per heavy atom. The summed E-state index contributed by atoms with van der Waals surface area (Å²) in [4.78, 5) is 13.3. The van der Waals surface area contributed by atoms with Gasteiger partial charge in [0.25, 0.3) is 5.91 Å². The highest BCUT2D eigenvalue weighted by molar-refractivity contribution is 6.35. The molecular weight excluding hydrogens is 501 g/mol. The summed E-state index contributed by atoms with van der Waals surface area (Å²) in [5, 5.41) is 9.39. The van der Waals surface area contributed by atoms with Crippen LogP contribution in [-0.2, 0) is 0 Å². The summed E-state index contributed by atoms with van der Waals surface area (Å²) in [5.74, 6) is -0.261. The van der Waals surface area contributed by atoms with Gasteiger partial charge in [-0.05, 0) is 73.9 Å². The van der Waals surface area contributed by atoms with Crippen LogP contribution in [0.3, 0.4) is 0 Å². The Bertz CT molecular complexity index is 1390. The second kappa shape index (κ2) is 10.7. The Labute approximate surface area is 220 Å². The van der Waals surface area contributed by atoms with Gasteiger partial charge in [0, 0.05) is 15.6 Å². The molecule has 0 aliphatic carbocycles. The molecule has 1 atom stereocenters. The molecule has 7 heteroatoms. The highest BCUT2D eigenvalue weighted by Crippen LogP contribution is 2.31. The number of amides is 1. The average Bonchev–Trinajstić information content (AvgIpc) is 3.18. The van der Waals surface area contributed by atoms with Gasteiger partial charge in [-0.2, -0.15) is 5.10 Å². The van der Waals surface area contributed by atoms with Crippen LogP contribution < -0.4 is 5.32 Å². The van der Waals surface area contributed by atoms with Crippen molar-refractivity contribution in [3.63, 3.8) is 0 Å². The summed E-state index contributed by atoms with van der Waals surface area (Å²) in [6.45, 7) is 5.82. The molecule has 4 rings (SSSR count). The molecule has 1 amide bonds. The Hall–Kier alpha value is -3.05. The zero-order valence-corrected chi connectivity index (χ0v) is 21.8. The largest absolute Gasteiger partial charge is 0.344 e. The minimum Gasteiger partial charge on any atom is -0.344 e. The summed E-state index contributed by atoms with van der Waals surface area (Å²) in [6.07, 6.45) is 2.02. The number of allylic oxidation sites excluding steroid dienone is 1. The zero-order valence-electron chi connectivity index (χ0n) is 19.5. The minimum absolute atomic E-state index is 0.179. The van der Waals surface area contributed by atoms with Crippen LogP contribution in [0.25, 0.3) is 17.3 Å². The number of nitrogens with one attached hydrogen (secondary N) is 1. The molecule has 1 heterocycles. The molecule has 0 saturated heterocycles. The number of nitrogens with zero attached hydrogens (tertiary/aromatic N) is 2. The van der Waals surface area contributed by atoms with E-state index in [1.54, 1.807) is 22.9 Å². The van der Waals surface area contributed by atoms with Gasteiger partial charge in [-0.15, -0.1) is 0 Å². The van der Waals surface area contributed by atoms with Crippen molar-refractivity contribution in [3.8, 4) is 5.69 Å². The van der Waals surface area contributed by atoms with Crippen molar-refractivity contribution in [1.29, 1.82) is 0 Å². The molecule has 1 unspecified atom stereocenters. The maximum atomic E-state index is 13.3. The molecule has 0 radical (unpaired) electrons. The molecule has 0 bridgehead atoms. The van der Waals surface area contributed by atoms with Crippen molar-refractivity contribution in [2.75, 3.05) is 0 Å². The van der Waals surface area contributed by atoms with Crippen LogP contribution in [0.4, 0.5) is 0 Å². The summed E-state index contributed by atoms with van der Waals surface area (Å²) in [7, 11) is 0. The van der Waals surface area contributed by atoms with Crippen molar-refractivity contribution in [1.82, 2.24) is 15.1 Å². The molecule has 0 aliphatic rings. The second-order valence-electron chi connectivity index (χ2n) is 8.31. The van der Waals surface area contributed by atoms with Crippen LogP contribution in [0, 0.1) is 6.92 Å². The van der Waals surface area contributed by atoms with E-state index in [4.69, 9.17) is 39.9 Å². The van der Waals surface area contributed by atoms with Crippen LogP contribution in [0.1, 0.15) is 52.8 Å². The summed E-state index contributed by atoms with van der Waals surface area (Å²) in [6, 6.07) is 22.4. The number of hydrogen-bond donors (Lipinski definition) is 1. The van der Waals surface area contributed by atoms with Gasteiger partial charge in [-0.3, -0.25) is 4.79 Å². The van der Waals surface area contributed by atoms with Gasteiger partial charge in [-0.1, -0.05) is 77.3 Å². The molecule has 1 N–H and O–H groups in total. The number of halogens is 3. The SMILES string of the molecule is C/C(=C\c1ccc(Cl)cc1)c1c(C)c(C(=O)NC(C)c2ccccc2)nn1-c1ccc(Cl)cc1Cl. The smallest absolute Gasteiger partial charge is 0.272 e. The fraction of sp³-hybridized carbons (Fsp3) is 0.143.